The quantitative estimate of drug-likeness (QED) is 0.681. The highest BCUT2D eigenvalue weighted by Gasteiger charge is 2.24. The minimum absolute atomic E-state index is 0.202. The lowest BCUT2D eigenvalue weighted by Crippen LogP contribution is -2.41. The highest BCUT2D eigenvalue weighted by Crippen LogP contribution is 2.24. The molecule has 3 nitrogen and oxygen atoms in total. The zero-order valence-electron chi connectivity index (χ0n) is 12.0. The highest BCUT2D eigenvalue weighted by atomic mass is 32.1. The summed E-state index contributed by atoms with van der Waals surface area (Å²) >= 11 is 1.55. The van der Waals surface area contributed by atoms with Crippen LogP contribution in [0.4, 0.5) is 0 Å². The van der Waals surface area contributed by atoms with Gasteiger partial charge in [-0.25, -0.2) is 0 Å². The van der Waals surface area contributed by atoms with Gasteiger partial charge in [-0.3, -0.25) is 4.79 Å². The van der Waals surface area contributed by atoms with Gasteiger partial charge in [-0.1, -0.05) is 19.8 Å². The Kier molecular flexibility index (Phi) is 4.97. The third-order valence-corrected chi connectivity index (χ3v) is 4.94. The van der Waals surface area contributed by atoms with Crippen LogP contribution in [-0.4, -0.2) is 11.9 Å². The molecule has 1 saturated carbocycles. The molecule has 4 heteroatoms. The molecule has 1 aromatic rings. The number of aryl methyl sites for hydroxylation is 1. The van der Waals surface area contributed by atoms with E-state index >= 15 is 0 Å². The Morgan fingerprint density at radius 1 is 1.50 bits per heavy atom. The van der Waals surface area contributed by atoms with Crippen LogP contribution in [0.3, 0.4) is 0 Å². The molecule has 1 aromatic heterocycles. The van der Waals surface area contributed by atoms with E-state index in [1.54, 1.807) is 17.4 Å². The van der Waals surface area contributed by atoms with Crippen molar-refractivity contribution in [3.8, 4) is 6.07 Å². The molecule has 0 aliphatic heterocycles. The number of thiophene rings is 1. The number of rotatable bonds is 3. The second kappa shape index (κ2) is 6.71. The lowest BCUT2D eigenvalue weighted by Gasteiger charge is -2.29. The molecule has 0 aromatic carbocycles. The van der Waals surface area contributed by atoms with Gasteiger partial charge in [-0.15, -0.1) is 11.3 Å². The Labute approximate surface area is 124 Å². The van der Waals surface area contributed by atoms with Crippen molar-refractivity contribution in [2.24, 2.45) is 5.92 Å². The fourth-order valence-electron chi connectivity index (χ4n) is 2.59. The zero-order valence-corrected chi connectivity index (χ0v) is 12.8. The summed E-state index contributed by atoms with van der Waals surface area (Å²) in [5.74, 6) is 0.259. The van der Waals surface area contributed by atoms with Crippen LogP contribution in [0.1, 0.15) is 43.0 Å². The molecule has 1 N–H and O–H groups in total. The van der Waals surface area contributed by atoms with E-state index in [0.29, 0.717) is 5.92 Å². The van der Waals surface area contributed by atoms with Crippen LogP contribution in [-0.2, 0) is 4.79 Å². The summed E-state index contributed by atoms with van der Waals surface area (Å²) in [5, 5.41) is 14.2. The van der Waals surface area contributed by atoms with Gasteiger partial charge in [0.25, 0.3) is 5.91 Å². The second-order valence-corrected chi connectivity index (χ2v) is 6.43. The predicted molar refractivity (Wildman–Crippen MR) is 82.2 cm³/mol. The molecular weight excluding hydrogens is 268 g/mol. The summed E-state index contributed by atoms with van der Waals surface area (Å²) in [6.07, 6.45) is 6.26. The van der Waals surface area contributed by atoms with E-state index in [0.717, 1.165) is 29.7 Å². The predicted octanol–water partition coefficient (Wildman–Crippen LogP) is 3.66. The van der Waals surface area contributed by atoms with Crippen LogP contribution < -0.4 is 5.32 Å². The van der Waals surface area contributed by atoms with Crippen molar-refractivity contribution < 1.29 is 4.79 Å². The first-order valence-electron chi connectivity index (χ1n) is 7.08. The number of nitrogens with zero attached hydrogens (tertiary/aromatic N) is 1. The largest absolute Gasteiger partial charge is 0.348 e. The lowest BCUT2D eigenvalue weighted by molar-refractivity contribution is -0.118. The molecule has 0 spiro atoms. The van der Waals surface area contributed by atoms with Gasteiger partial charge in [-0.05, 0) is 48.8 Å². The maximum absolute atomic E-state index is 12.2. The number of hydrogen-bond acceptors (Lipinski definition) is 3. The molecule has 1 heterocycles. The number of nitrogens with one attached hydrogen (secondary N) is 1. The molecule has 2 atom stereocenters. The lowest BCUT2D eigenvalue weighted by atomic mass is 9.86. The normalized spacial score (nSPS) is 23.1. The zero-order chi connectivity index (χ0) is 14.5. The van der Waals surface area contributed by atoms with Gasteiger partial charge < -0.3 is 5.32 Å². The van der Waals surface area contributed by atoms with Gasteiger partial charge in [0.05, 0.1) is 0 Å². The van der Waals surface area contributed by atoms with E-state index in [2.05, 4.69) is 12.2 Å². The van der Waals surface area contributed by atoms with E-state index in [9.17, 15) is 10.1 Å². The molecule has 0 radical (unpaired) electrons. The molecule has 0 bridgehead atoms. The fourth-order valence-corrected chi connectivity index (χ4v) is 3.45. The first kappa shape index (κ1) is 14.8. The van der Waals surface area contributed by atoms with Crippen LogP contribution in [0.25, 0.3) is 6.08 Å². The van der Waals surface area contributed by atoms with Gasteiger partial charge in [0.15, 0.2) is 0 Å². The standard InChI is InChI=1S/C16H20N2OS/c1-11-5-3-4-6-14(11)18-16(19)13(10-17)9-15-12(2)7-8-20-15/h7-9,11,14H,3-6H2,1-2H3,(H,18,19)/b13-9+/t11-,14+/m1/s1. The van der Waals surface area contributed by atoms with Crippen molar-refractivity contribution in [1.29, 1.82) is 5.26 Å². The number of nitriles is 1. The van der Waals surface area contributed by atoms with E-state index < -0.39 is 0 Å². The SMILES string of the molecule is Cc1ccsc1/C=C(\C#N)C(=O)N[C@H]1CCCC[C@H]1C. The van der Waals surface area contributed by atoms with Gasteiger partial charge in [-0.2, -0.15) is 5.26 Å². The summed E-state index contributed by atoms with van der Waals surface area (Å²) < 4.78 is 0. The Morgan fingerprint density at radius 2 is 2.25 bits per heavy atom. The molecule has 2 rings (SSSR count). The molecule has 1 amide bonds. The van der Waals surface area contributed by atoms with Crippen molar-refractivity contribution in [3.05, 3.63) is 27.5 Å². The summed E-state index contributed by atoms with van der Waals surface area (Å²) in [6, 6.07) is 4.23. The number of hydrogen-bond donors (Lipinski definition) is 1. The molecule has 20 heavy (non-hydrogen) atoms. The Balaban J connectivity index is 2.08. The van der Waals surface area contributed by atoms with Crippen LogP contribution in [0, 0.1) is 24.2 Å². The Bertz CT molecular complexity index is 553. The molecule has 106 valence electrons. The second-order valence-electron chi connectivity index (χ2n) is 5.48. The average Bonchev–Trinajstić information content (AvgIpc) is 2.84. The van der Waals surface area contributed by atoms with Gasteiger partial charge in [0.1, 0.15) is 11.6 Å². The molecule has 1 aliphatic rings. The smallest absolute Gasteiger partial charge is 0.262 e. The molecule has 1 fully saturated rings. The minimum atomic E-state index is -0.237. The summed E-state index contributed by atoms with van der Waals surface area (Å²) in [5.41, 5.74) is 1.30. The van der Waals surface area contributed by atoms with Gasteiger partial charge >= 0.3 is 0 Å². The summed E-state index contributed by atoms with van der Waals surface area (Å²) in [6.45, 7) is 4.15. The monoisotopic (exact) mass is 288 g/mol. The average molecular weight is 288 g/mol. The van der Waals surface area contributed by atoms with E-state index in [-0.39, 0.29) is 17.5 Å². The van der Waals surface area contributed by atoms with E-state index in [4.69, 9.17) is 0 Å². The van der Waals surface area contributed by atoms with E-state index in [1.807, 2.05) is 24.4 Å². The Hall–Kier alpha value is -1.60. The summed E-state index contributed by atoms with van der Waals surface area (Å²) in [4.78, 5) is 13.2. The van der Waals surface area contributed by atoms with Crippen molar-refractivity contribution in [2.75, 3.05) is 0 Å². The van der Waals surface area contributed by atoms with Crippen LogP contribution in [0.2, 0.25) is 0 Å². The highest BCUT2D eigenvalue weighted by molar-refractivity contribution is 7.11. The minimum Gasteiger partial charge on any atom is -0.348 e. The molecule has 1 aliphatic carbocycles. The van der Waals surface area contributed by atoms with Crippen molar-refractivity contribution in [1.82, 2.24) is 5.32 Å². The first-order chi connectivity index (χ1) is 9.61. The number of amides is 1. The van der Waals surface area contributed by atoms with Gasteiger partial charge in [0, 0.05) is 10.9 Å². The van der Waals surface area contributed by atoms with Crippen LogP contribution >= 0.6 is 11.3 Å². The third kappa shape index (κ3) is 3.49. The topological polar surface area (TPSA) is 52.9 Å². The van der Waals surface area contributed by atoms with Crippen LogP contribution in [0.5, 0.6) is 0 Å². The molecular formula is C16H20N2OS. The molecule has 0 saturated heterocycles. The first-order valence-corrected chi connectivity index (χ1v) is 7.96. The van der Waals surface area contributed by atoms with E-state index in [1.165, 1.54) is 6.42 Å². The van der Waals surface area contributed by atoms with Crippen molar-refractivity contribution in [2.45, 2.75) is 45.6 Å². The van der Waals surface area contributed by atoms with Crippen molar-refractivity contribution in [3.63, 3.8) is 0 Å². The van der Waals surface area contributed by atoms with Crippen LogP contribution in [0.15, 0.2) is 17.0 Å². The number of carbonyl (C=O) groups is 1. The number of carbonyl (C=O) groups excluding carboxylic acids is 1. The maximum Gasteiger partial charge on any atom is 0.262 e. The third-order valence-electron chi connectivity index (χ3n) is 3.97. The maximum atomic E-state index is 12.2. The molecule has 0 unspecified atom stereocenters. The summed E-state index contributed by atoms with van der Waals surface area (Å²) in [7, 11) is 0. The van der Waals surface area contributed by atoms with Crippen molar-refractivity contribution >= 4 is 23.3 Å². The van der Waals surface area contributed by atoms with Gasteiger partial charge in [0.2, 0.25) is 0 Å². The fraction of sp³-hybridized carbons (Fsp3) is 0.500. The Morgan fingerprint density at radius 3 is 2.85 bits per heavy atom.